The number of nitrogens with one attached hydrogen (secondary N) is 1. The summed E-state index contributed by atoms with van der Waals surface area (Å²) in [6, 6.07) is 6.13. The van der Waals surface area contributed by atoms with Crippen molar-refractivity contribution in [3.63, 3.8) is 0 Å². The molecule has 0 saturated carbocycles. The summed E-state index contributed by atoms with van der Waals surface area (Å²) in [5.74, 6) is 0. The maximum atomic E-state index is 11.9. The normalized spacial score (nSPS) is 26.2. The SMILES string of the molecule is CS(=O)(=O)c1cccc(Cl)c1CNC1CCN2CCCC12. The molecular weight excluding hydrogens is 308 g/mol. The molecule has 4 nitrogen and oxygen atoms in total. The Morgan fingerprint density at radius 1 is 1.33 bits per heavy atom. The van der Waals surface area contributed by atoms with Gasteiger partial charge in [-0.2, -0.15) is 0 Å². The lowest BCUT2D eigenvalue weighted by atomic mass is 10.1. The van der Waals surface area contributed by atoms with Crippen LogP contribution in [0.3, 0.4) is 0 Å². The minimum atomic E-state index is -3.25. The van der Waals surface area contributed by atoms with Crippen LogP contribution in [0.2, 0.25) is 5.02 Å². The Balaban J connectivity index is 1.76. The summed E-state index contributed by atoms with van der Waals surface area (Å²) < 4.78 is 23.8. The van der Waals surface area contributed by atoms with Crippen LogP contribution in [0.5, 0.6) is 0 Å². The molecule has 0 bridgehead atoms. The number of hydrogen-bond donors (Lipinski definition) is 1. The van der Waals surface area contributed by atoms with E-state index in [0.29, 0.717) is 34.1 Å². The topological polar surface area (TPSA) is 49.4 Å². The average molecular weight is 329 g/mol. The zero-order chi connectivity index (χ0) is 15.0. The standard InChI is InChI=1S/C15H21ClN2O2S/c1-21(19,20)15-6-2-4-12(16)11(15)10-17-13-7-9-18-8-3-5-14(13)18/h2,4,6,13-14,17H,3,5,7-10H2,1H3. The Morgan fingerprint density at radius 3 is 2.90 bits per heavy atom. The third-order valence-corrected chi connectivity index (χ3v) is 6.16. The van der Waals surface area contributed by atoms with Gasteiger partial charge in [0.25, 0.3) is 0 Å². The van der Waals surface area contributed by atoms with E-state index in [1.54, 1.807) is 18.2 Å². The number of hydrogen-bond acceptors (Lipinski definition) is 4. The van der Waals surface area contributed by atoms with Crippen LogP contribution in [0, 0.1) is 0 Å². The van der Waals surface area contributed by atoms with Crippen molar-refractivity contribution in [3.8, 4) is 0 Å². The molecule has 2 heterocycles. The van der Waals surface area contributed by atoms with E-state index in [1.807, 2.05) is 0 Å². The van der Waals surface area contributed by atoms with Gasteiger partial charge in [-0.15, -0.1) is 0 Å². The van der Waals surface area contributed by atoms with Gasteiger partial charge in [-0.3, -0.25) is 4.90 Å². The molecule has 116 valence electrons. The molecule has 0 aromatic heterocycles. The number of benzene rings is 1. The third-order valence-electron chi connectivity index (χ3n) is 4.62. The van der Waals surface area contributed by atoms with Gasteiger partial charge in [0.15, 0.2) is 9.84 Å². The Hall–Kier alpha value is -0.620. The molecule has 1 aromatic rings. The van der Waals surface area contributed by atoms with Crippen molar-refractivity contribution >= 4 is 21.4 Å². The van der Waals surface area contributed by atoms with Crippen LogP contribution in [0.1, 0.15) is 24.8 Å². The van der Waals surface area contributed by atoms with E-state index < -0.39 is 9.84 Å². The van der Waals surface area contributed by atoms with Crippen molar-refractivity contribution in [1.82, 2.24) is 10.2 Å². The van der Waals surface area contributed by atoms with Crippen molar-refractivity contribution in [2.45, 2.75) is 42.8 Å². The second-order valence-corrected chi connectivity index (χ2v) is 8.40. The molecular formula is C15H21ClN2O2S. The number of rotatable bonds is 4. The van der Waals surface area contributed by atoms with E-state index in [9.17, 15) is 8.42 Å². The third kappa shape index (κ3) is 3.11. The van der Waals surface area contributed by atoms with E-state index in [-0.39, 0.29) is 0 Å². The minimum Gasteiger partial charge on any atom is -0.308 e. The molecule has 0 radical (unpaired) electrons. The average Bonchev–Trinajstić information content (AvgIpc) is 2.99. The van der Waals surface area contributed by atoms with E-state index in [1.165, 1.54) is 25.6 Å². The summed E-state index contributed by atoms with van der Waals surface area (Å²) in [6.07, 6.45) is 4.86. The fourth-order valence-corrected chi connectivity index (χ4v) is 4.86. The van der Waals surface area contributed by atoms with Crippen LogP contribution in [-0.2, 0) is 16.4 Å². The van der Waals surface area contributed by atoms with Gasteiger partial charge in [-0.05, 0) is 37.9 Å². The molecule has 2 aliphatic rings. The van der Waals surface area contributed by atoms with E-state index >= 15 is 0 Å². The first-order valence-electron chi connectivity index (χ1n) is 7.41. The summed E-state index contributed by atoms with van der Waals surface area (Å²) in [6.45, 7) is 2.85. The van der Waals surface area contributed by atoms with E-state index in [0.717, 1.165) is 13.0 Å². The van der Waals surface area contributed by atoms with Crippen molar-refractivity contribution in [2.24, 2.45) is 0 Å². The number of sulfone groups is 1. The molecule has 2 saturated heterocycles. The van der Waals surface area contributed by atoms with E-state index in [4.69, 9.17) is 11.6 Å². The second kappa shape index (κ2) is 5.88. The molecule has 0 spiro atoms. The predicted molar refractivity (Wildman–Crippen MR) is 84.4 cm³/mol. The van der Waals surface area contributed by atoms with E-state index in [2.05, 4.69) is 10.2 Å². The molecule has 1 N–H and O–H groups in total. The Labute approximate surface area is 131 Å². The highest BCUT2D eigenvalue weighted by Gasteiger charge is 2.36. The summed E-state index contributed by atoms with van der Waals surface area (Å²) in [7, 11) is -3.25. The zero-order valence-corrected chi connectivity index (χ0v) is 13.8. The quantitative estimate of drug-likeness (QED) is 0.919. The highest BCUT2D eigenvalue weighted by molar-refractivity contribution is 7.90. The molecule has 2 atom stereocenters. The van der Waals surface area contributed by atoms with Crippen LogP contribution in [-0.4, -0.2) is 44.7 Å². The predicted octanol–water partition coefficient (Wildman–Crippen LogP) is 2.07. The first-order chi connectivity index (χ1) is 9.97. The lowest BCUT2D eigenvalue weighted by molar-refractivity contribution is 0.298. The number of halogens is 1. The molecule has 1 aromatic carbocycles. The first-order valence-corrected chi connectivity index (χ1v) is 9.68. The lowest BCUT2D eigenvalue weighted by Crippen LogP contribution is -2.38. The Morgan fingerprint density at radius 2 is 2.14 bits per heavy atom. The monoisotopic (exact) mass is 328 g/mol. The zero-order valence-electron chi connectivity index (χ0n) is 12.2. The van der Waals surface area contributed by atoms with Gasteiger partial charge in [-0.25, -0.2) is 8.42 Å². The van der Waals surface area contributed by atoms with Crippen LogP contribution in [0.15, 0.2) is 23.1 Å². The van der Waals surface area contributed by atoms with Crippen molar-refractivity contribution in [1.29, 1.82) is 0 Å². The van der Waals surface area contributed by atoms with Crippen LogP contribution >= 0.6 is 11.6 Å². The smallest absolute Gasteiger partial charge is 0.175 e. The van der Waals surface area contributed by atoms with Crippen LogP contribution in [0.25, 0.3) is 0 Å². The highest BCUT2D eigenvalue weighted by atomic mass is 35.5. The summed E-state index contributed by atoms with van der Waals surface area (Å²) in [5.41, 5.74) is 0.693. The highest BCUT2D eigenvalue weighted by Crippen LogP contribution is 2.29. The van der Waals surface area contributed by atoms with Gasteiger partial charge in [0.2, 0.25) is 0 Å². The molecule has 0 amide bonds. The molecule has 6 heteroatoms. The maximum Gasteiger partial charge on any atom is 0.175 e. The second-order valence-electron chi connectivity index (χ2n) is 6.01. The lowest BCUT2D eigenvalue weighted by Gasteiger charge is -2.22. The van der Waals surface area contributed by atoms with Gasteiger partial charge < -0.3 is 5.32 Å². The van der Waals surface area contributed by atoms with Crippen molar-refractivity contribution in [3.05, 3.63) is 28.8 Å². The first kappa shape index (κ1) is 15.3. The largest absolute Gasteiger partial charge is 0.308 e. The molecule has 2 fully saturated rings. The molecule has 21 heavy (non-hydrogen) atoms. The maximum absolute atomic E-state index is 11.9. The van der Waals surface area contributed by atoms with Crippen LogP contribution < -0.4 is 5.32 Å². The fourth-order valence-electron chi connectivity index (χ4n) is 3.61. The molecule has 0 aliphatic carbocycles. The fraction of sp³-hybridized carbons (Fsp3) is 0.600. The number of nitrogens with zero attached hydrogens (tertiary/aromatic N) is 1. The van der Waals surface area contributed by atoms with Gasteiger partial charge in [0, 0.05) is 42.0 Å². The Bertz CT molecular complexity index is 633. The minimum absolute atomic E-state index is 0.337. The summed E-state index contributed by atoms with van der Waals surface area (Å²) >= 11 is 6.22. The van der Waals surface area contributed by atoms with Gasteiger partial charge in [0.1, 0.15) is 0 Å². The van der Waals surface area contributed by atoms with Crippen molar-refractivity contribution in [2.75, 3.05) is 19.3 Å². The number of fused-ring (bicyclic) bond motifs is 1. The summed E-state index contributed by atoms with van der Waals surface area (Å²) in [4.78, 5) is 2.87. The van der Waals surface area contributed by atoms with Crippen molar-refractivity contribution < 1.29 is 8.42 Å². The van der Waals surface area contributed by atoms with Gasteiger partial charge in [0.05, 0.1) is 4.90 Å². The van der Waals surface area contributed by atoms with Crippen LogP contribution in [0.4, 0.5) is 0 Å². The van der Waals surface area contributed by atoms with Gasteiger partial charge in [-0.1, -0.05) is 17.7 Å². The summed E-state index contributed by atoms with van der Waals surface area (Å²) in [5, 5.41) is 4.05. The Kier molecular flexibility index (Phi) is 4.28. The molecule has 3 rings (SSSR count). The molecule has 2 aliphatic heterocycles. The molecule has 2 unspecified atom stereocenters. The van der Waals surface area contributed by atoms with Gasteiger partial charge >= 0.3 is 0 Å².